The van der Waals surface area contributed by atoms with Crippen molar-refractivity contribution in [1.29, 1.82) is 5.41 Å². The first kappa shape index (κ1) is 14.6. The predicted molar refractivity (Wildman–Crippen MR) is 86.4 cm³/mol. The highest BCUT2D eigenvalue weighted by atomic mass is 35.5. The van der Waals surface area contributed by atoms with Gasteiger partial charge in [-0.3, -0.25) is 10.2 Å². The molecule has 0 spiro atoms. The van der Waals surface area contributed by atoms with Crippen molar-refractivity contribution in [1.82, 2.24) is 4.57 Å². The van der Waals surface area contributed by atoms with E-state index in [1.807, 2.05) is 12.1 Å². The molecule has 7 heteroatoms. The monoisotopic (exact) mass is 333 g/mol. The molecule has 0 atom stereocenters. The fourth-order valence-electron chi connectivity index (χ4n) is 2.26. The third kappa shape index (κ3) is 2.70. The van der Waals surface area contributed by atoms with Crippen LogP contribution in [0.4, 0.5) is 0 Å². The highest BCUT2D eigenvalue weighted by Gasteiger charge is 2.10. The van der Waals surface area contributed by atoms with Crippen LogP contribution in [0, 0.1) is 5.41 Å². The summed E-state index contributed by atoms with van der Waals surface area (Å²) >= 11 is 7.55. The fourth-order valence-corrected chi connectivity index (χ4v) is 3.53. The first-order chi connectivity index (χ1) is 10.4. The summed E-state index contributed by atoms with van der Waals surface area (Å²) in [5.74, 6) is -0.466. The number of nitrogens with two attached hydrogens (primary N) is 1. The molecule has 0 fully saturated rings. The van der Waals surface area contributed by atoms with E-state index in [0.29, 0.717) is 11.6 Å². The summed E-state index contributed by atoms with van der Waals surface area (Å²) in [5, 5.41) is 18.9. The Morgan fingerprint density at radius 3 is 2.86 bits per heavy atom. The van der Waals surface area contributed by atoms with E-state index in [9.17, 15) is 9.90 Å². The minimum Gasteiger partial charge on any atom is -0.508 e. The van der Waals surface area contributed by atoms with Crippen molar-refractivity contribution in [3.05, 3.63) is 57.5 Å². The maximum absolute atomic E-state index is 11.4. The Bertz CT molecular complexity index is 946. The molecule has 0 aliphatic carbocycles. The molecule has 2 aromatic heterocycles. The van der Waals surface area contributed by atoms with Crippen LogP contribution >= 0.6 is 22.9 Å². The molecule has 5 nitrogen and oxygen atoms in total. The number of aromatic nitrogens is 1. The molecule has 22 heavy (non-hydrogen) atoms. The Kier molecular flexibility index (Phi) is 3.64. The summed E-state index contributed by atoms with van der Waals surface area (Å²) in [7, 11) is 0. The number of phenols is 1. The number of pyridine rings is 1. The van der Waals surface area contributed by atoms with Crippen molar-refractivity contribution >= 4 is 38.9 Å². The fraction of sp³-hybridized carbons (Fsp3) is 0.0667. The highest BCUT2D eigenvalue weighted by Crippen LogP contribution is 2.29. The van der Waals surface area contributed by atoms with Crippen molar-refractivity contribution in [3.63, 3.8) is 0 Å². The van der Waals surface area contributed by atoms with E-state index in [1.54, 1.807) is 34.2 Å². The number of carbonyl (C=O) groups excluding carboxylic acids is 1. The number of hydrogen-bond acceptors (Lipinski definition) is 4. The number of benzene rings is 1. The molecule has 1 aromatic carbocycles. The van der Waals surface area contributed by atoms with Gasteiger partial charge in [0.1, 0.15) is 11.2 Å². The van der Waals surface area contributed by atoms with Crippen LogP contribution in [0.3, 0.4) is 0 Å². The molecule has 3 rings (SSSR count). The maximum atomic E-state index is 11.4. The van der Waals surface area contributed by atoms with Crippen molar-refractivity contribution in [3.8, 4) is 5.75 Å². The van der Waals surface area contributed by atoms with Crippen LogP contribution in [0.1, 0.15) is 15.2 Å². The molecular formula is C15H12ClN3O2S. The summed E-state index contributed by atoms with van der Waals surface area (Å²) in [5.41, 5.74) is 5.38. The van der Waals surface area contributed by atoms with Crippen LogP contribution < -0.4 is 11.2 Å². The van der Waals surface area contributed by atoms with Crippen molar-refractivity contribution in [2.24, 2.45) is 5.73 Å². The zero-order valence-electron chi connectivity index (χ0n) is 11.3. The molecule has 0 saturated carbocycles. The molecule has 4 N–H and O–H groups in total. The number of fused-ring (bicyclic) bond motifs is 1. The van der Waals surface area contributed by atoms with Crippen LogP contribution in [0.25, 0.3) is 10.1 Å². The first-order valence-corrected chi connectivity index (χ1v) is 7.59. The number of carbonyl (C=O) groups is 1. The summed E-state index contributed by atoms with van der Waals surface area (Å²) in [6, 6.07) is 8.51. The lowest BCUT2D eigenvalue weighted by Crippen LogP contribution is -2.29. The van der Waals surface area contributed by atoms with E-state index in [1.165, 1.54) is 6.07 Å². The summed E-state index contributed by atoms with van der Waals surface area (Å²) in [4.78, 5) is 12.3. The number of thiophene rings is 1. The van der Waals surface area contributed by atoms with Crippen molar-refractivity contribution in [2.45, 2.75) is 6.54 Å². The summed E-state index contributed by atoms with van der Waals surface area (Å²) in [6.45, 7) is 0.403. The van der Waals surface area contributed by atoms with Crippen LogP contribution in [0.5, 0.6) is 5.75 Å². The van der Waals surface area contributed by atoms with Crippen LogP contribution in [0.15, 0.2) is 36.5 Å². The molecule has 0 aliphatic rings. The van der Waals surface area contributed by atoms with E-state index in [4.69, 9.17) is 22.7 Å². The van der Waals surface area contributed by atoms with Gasteiger partial charge in [-0.2, -0.15) is 0 Å². The SMILES string of the molecule is N=c1c(C(N)=O)cc(Cl)cn1Cc1cc2cc(O)ccc2s1. The number of rotatable bonds is 3. The van der Waals surface area contributed by atoms with E-state index >= 15 is 0 Å². The topological polar surface area (TPSA) is 92.1 Å². The van der Waals surface area contributed by atoms with Gasteiger partial charge >= 0.3 is 0 Å². The predicted octanol–water partition coefficient (Wildman–Crippen LogP) is 2.69. The second-order valence-corrected chi connectivity index (χ2v) is 6.45. The normalized spacial score (nSPS) is 11.0. The smallest absolute Gasteiger partial charge is 0.252 e. The number of nitrogens with one attached hydrogen (secondary N) is 1. The Balaban J connectivity index is 2.04. The van der Waals surface area contributed by atoms with Gasteiger partial charge in [0.2, 0.25) is 0 Å². The quantitative estimate of drug-likeness (QED) is 0.687. The number of hydrogen-bond donors (Lipinski definition) is 3. The molecule has 2 heterocycles. The zero-order valence-corrected chi connectivity index (χ0v) is 12.9. The number of phenolic OH excluding ortho intramolecular Hbond substituents is 1. The van der Waals surface area contributed by atoms with Gasteiger partial charge in [0, 0.05) is 15.8 Å². The van der Waals surface area contributed by atoms with Crippen molar-refractivity contribution < 1.29 is 9.90 Å². The maximum Gasteiger partial charge on any atom is 0.252 e. The lowest BCUT2D eigenvalue weighted by atomic mass is 10.2. The second-order valence-electron chi connectivity index (χ2n) is 4.85. The third-order valence-electron chi connectivity index (χ3n) is 3.25. The average Bonchev–Trinajstić information content (AvgIpc) is 2.83. The van der Waals surface area contributed by atoms with E-state index in [0.717, 1.165) is 15.0 Å². The Morgan fingerprint density at radius 2 is 2.14 bits per heavy atom. The molecule has 0 bridgehead atoms. The van der Waals surface area contributed by atoms with E-state index in [-0.39, 0.29) is 16.8 Å². The summed E-state index contributed by atoms with van der Waals surface area (Å²) in [6.07, 6.45) is 1.60. The molecular weight excluding hydrogens is 322 g/mol. The lowest BCUT2D eigenvalue weighted by Gasteiger charge is -2.08. The lowest BCUT2D eigenvalue weighted by molar-refractivity contribution is 0.0998. The first-order valence-electron chi connectivity index (χ1n) is 6.40. The number of halogens is 1. The second kappa shape index (κ2) is 5.47. The number of nitrogens with zero attached hydrogens (tertiary/aromatic N) is 1. The van der Waals surface area contributed by atoms with Gasteiger partial charge in [-0.15, -0.1) is 11.3 Å². The molecule has 0 unspecified atom stereocenters. The van der Waals surface area contributed by atoms with Gasteiger partial charge in [0.05, 0.1) is 17.1 Å². The van der Waals surface area contributed by atoms with Gasteiger partial charge < -0.3 is 15.4 Å². The Hall–Kier alpha value is -2.31. The summed E-state index contributed by atoms with van der Waals surface area (Å²) < 4.78 is 2.62. The Morgan fingerprint density at radius 1 is 1.36 bits per heavy atom. The number of aromatic hydroxyl groups is 1. The third-order valence-corrected chi connectivity index (χ3v) is 4.55. The van der Waals surface area contributed by atoms with Gasteiger partial charge in [-0.25, -0.2) is 0 Å². The average molecular weight is 334 g/mol. The number of amides is 1. The van der Waals surface area contributed by atoms with Crippen molar-refractivity contribution in [2.75, 3.05) is 0 Å². The largest absolute Gasteiger partial charge is 0.508 e. The van der Waals surface area contributed by atoms with Gasteiger partial charge in [-0.05, 0) is 35.7 Å². The molecule has 3 aromatic rings. The molecule has 0 saturated heterocycles. The molecule has 0 aliphatic heterocycles. The van der Waals surface area contributed by atoms with Crippen LogP contribution in [0.2, 0.25) is 5.02 Å². The zero-order chi connectivity index (χ0) is 15.9. The minimum absolute atomic E-state index is 0.0252. The standard InChI is InChI=1S/C15H12ClN3O2S/c16-9-5-12(15(18)21)14(17)19(6-9)7-11-4-8-3-10(20)1-2-13(8)22-11/h1-6,17,20H,7H2,(H2,18,21). The van der Waals surface area contributed by atoms with E-state index < -0.39 is 5.91 Å². The van der Waals surface area contributed by atoms with Gasteiger partial charge in [0.25, 0.3) is 5.91 Å². The van der Waals surface area contributed by atoms with Gasteiger partial charge in [0.15, 0.2) is 0 Å². The molecule has 1 amide bonds. The van der Waals surface area contributed by atoms with E-state index in [2.05, 4.69) is 0 Å². The van der Waals surface area contributed by atoms with Gasteiger partial charge in [-0.1, -0.05) is 11.6 Å². The minimum atomic E-state index is -0.678. The molecule has 0 radical (unpaired) electrons. The van der Waals surface area contributed by atoms with Crippen LogP contribution in [-0.4, -0.2) is 15.6 Å². The van der Waals surface area contributed by atoms with Crippen LogP contribution in [-0.2, 0) is 6.54 Å². The number of primary amides is 1. The molecule has 112 valence electrons. The highest BCUT2D eigenvalue weighted by molar-refractivity contribution is 7.19. The Labute approximate surface area is 134 Å².